The lowest BCUT2D eigenvalue weighted by Crippen LogP contribution is -2.28. The Bertz CT molecular complexity index is 686. The third-order valence-corrected chi connectivity index (χ3v) is 3.98. The zero-order valence-corrected chi connectivity index (χ0v) is 13.1. The number of rotatable bonds is 3. The molecule has 114 valence electrons. The van der Waals surface area contributed by atoms with Gasteiger partial charge in [0.15, 0.2) is 0 Å². The van der Waals surface area contributed by atoms with Gasteiger partial charge in [-0.15, -0.1) is 0 Å². The Balaban J connectivity index is 1.72. The molecular weight excluding hydrogens is 300 g/mol. The third kappa shape index (κ3) is 3.22. The van der Waals surface area contributed by atoms with E-state index in [4.69, 9.17) is 16.3 Å². The summed E-state index contributed by atoms with van der Waals surface area (Å²) in [6.07, 6.45) is 3.91. The second kappa shape index (κ2) is 6.36. The molecule has 2 heterocycles. The quantitative estimate of drug-likeness (QED) is 0.873. The highest BCUT2D eigenvalue weighted by molar-refractivity contribution is 6.30. The van der Waals surface area contributed by atoms with Gasteiger partial charge in [-0.2, -0.15) is 0 Å². The van der Waals surface area contributed by atoms with Crippen LogP contribution in [0.5, 0.6) is 5.75 Å². The number of benzene rings is 1. The van der Waals surface area contributed by atoms with Gasteiger partial charge in [-0.05, 0) is 42.2 Å². The monoisotopic (exact) mass is 316 g/mol. The van der Waals surface area contributed by atoms with Crippen molar-refractivity contribution in [3.8, 4) is 5.75 Å². The van der Waals surface area contributed by atoms with E-state index in [1.807, 2.05) is 12.1 Å². The van der Waals surface area contributed by atoms with Crippen molar-refractivity contribution in [3.63, 3.8) is 0 Å². The number of carbonyl (C=O) groups excluding carboxylic acids is 1. The van der Waals surface area contributed by atoms with E-state index in [0.717, 1.165) is 30.8 Å². The third-order valence-electron chi connectivity index (χ3n) is 3.76. The largest absolute Gasteiger partial charge is 0.493 e. The maximum Gasteiger partial charge on any atom is 0.232 e. The van der Waals surface area contributed by atoms with Crippen LogP contribution in [0.3, 0.4) is 0 Å². The Morgan fingerprint density at radius 2 is 2.23 bits per heavy atom. The molecule has 22 heavy (non-hydrogen) atoms. The highest BCUT2D eigenvalue weighted by Crippen LogP contribution is 2.26. The highest BCUT2D eigenvalue weighted by atomic mass is 35.5. The number of nitrogens with zero attached hydrogens (tertiary/aromatic N) is 2. The minimum Gasteiger partial charge on any atom is -0.493 e. The summed E-state index contributed by atoms with van der Waals surface area (Å²) >= 11 is 5.82. The molecule has 1 aliphatic heterocycles. The summed E-state index contributed by atoms with van der Waals surface area (Å²) in [7, 11) is 1.72. The number of fused-ring (bicyclic) bond motifs is 1. The summed E-state index contributed by atoms with van der Waals surface area (Å²) in [5.74, 6) is 1.53. The predicted molar refractivity (Wildman–Crippen MR) is 86.6 cm³/mol. The average Bonchev–Trinajstić information content (AvgIpc) is 2.55. The predicted octanol–water partition coefficient (Wildman–Crippen LogP) is 3.27. The highest BCUT2D eigenvalue weighted by Gasteiger charge is 2.15. The van der Waals surface area contributed by atoms with E-state index in [1.54, 1.807) is 24.1 Å². The van der Waals surface area contributed by atoms with Crippen molar-refractivity contribution < 1.29 is 9.53 Å². The number of ether oxygens (including phenoxy) is 1. The van der Waals surface area contributed by atoms with Crippen molar-refractivity contribution in [1.82, 2.24) is 4.98 Å². The fourth-order valence-corrected chi connectivity index (χ4v) is 2.62. The Morgan fingerprint density at radius 3 is 3.00 bits per heavy atom. The van der Waals surface area contributed by atoms with Gasteiger partial charge in [0.25, 0.3) is 0 Å². The van der Waals surface area contributed by atoms with Crippen molar-refractivity contribution >= 4 is 23.3 Å². The van der Waals surface area contributed by atoms with Crippen LogP contribution in [0.25, 0.3) is 0 Å². The van der Waals surface area contributed by atoms with Gasteiger partial charge >= 0.3 is 0 Å². The molecule has 0 fully saturated rings. The van der Waals surface area contributed by atoms with E-state index < -0.39 is 0 Å². The Hall–Kier alpha value is -2.07. The summed E-state index contributed by atoms with van der Waals surface area (Å²) < 4.78 is 5.59. The standard InChI is InChI=1S/C17H17ClN2O2/c1-20(16-7-5-14(18)11-19-16)17(21)10-12-4-6-15-13(9-12)3-2-8-22-15/h4-7,9,11H,2-3,8,10H2,1H3. The normalized spacial score (nSPS) is 13.2. The molecule has 0 unspecified atom stereocenters. The minimum absolute atomic E-state index is 0.00787. The molecule has 4 nitrogen and oxygen atoms in total. The fraction of sp³-hybridized carbons (Fsp3) is 0.294. The van der Waals surface area contributed by atoms with Gasteiger partial charge in [-0.1, -0.05) is 23.7 Å². The molecule has 3 rings (SSSR count). The number of likely N-dealkylation sites (N-methyl/N-ethyl adjacent to an activating group) is 1. The topological polar surface area (TPSA) is 42.4 Å². The molecule has 0 radical (unpaired) electrons. The first kappa shape index (κ1) is 14.9. The van der Waals surface area contributed by atoms with E-state index in [-0.39, 0.29) is 5.91 Å². The fourth-order valence-electron chi connectivity index (χ4n) is 2.51. The van der Waals surface area contributed by atoms with Crippen LogP contribution in [0, 0.1) is 0 Å². The molecule has 0 atom stereocenters. The van der Waals surface area contributed by atoms with E-state index in [1.165, 1.54) is 11.8 Å². The first-order valence-electron chi connectivity index (χ1n) is 7.26. The SMILES string of the molecule is CN(C(=O)Cc1ccc2c(c1)CCCO2)c1ccc(Cl)cn1. The molecule has 0 N–H and O–H groups in total. The Kier molecular flexibility index (Phi) is 4.29. The van der Waals surface area contributed by atoms with Gasteiger partial charge in [-0.3, -0.25) is 9.69 Å². The molecule has 2 aromatic rings. The summed E-state index contributed by atoms with van der Waals surface area (Å²) in [6, 6.07) is 9.43. The van der Waals surface area contributed by atoms with E-state index in [9.17, 15) is 4.79 Å². The molecule has 1 amide bonds. The maximum absolute atomic E-state index is 12.4. The van der Waals surface area contributed by atoms with Crippen LogP contribution in [-0.4, -0.2) is 24.5 Å². The lowest BCUT2D eigenvalue weighted by molar-refractivity contribution is -0.117. The molecule has 1 aliphatic rings. The number of amides is 1. The van der Waals surface area contributed by atoms with Crippen LogP contribution in [0.2, 0.25) is 5.02 Å². The van der Waals surface area contributed by atoms with Gasteiger partial charge in [0.2, 0.25) is 5.91 Å². The number of halogens is 1. The van der Waals surface area contributed by atoms with Crippen molar-refractivity contribution in [2.24, 2.45) is 0 Å². The van der Waals surface area contributed by atoms with Gasteiger partial charge in [-0.25, -0.2) is 4.98 Å². The molecule has 1 aromatic carbocycles. The summed E-state index contributed by atoms with van der Waals surface area (Å²) in [6.45, 7) is 0.774. The zero-order valence-electron chi connectivity index (χ0n) is 12.4. The lowest BCUT2D eigenvalue weighted by atomic mass is 10.0. The van der Waals surface area contributed by atoms with Gasteiger partial charge in [0, 0.05) is 13.2 Å². The summed E-state index contributed by atoms with van der Waals surface area (Å²) in [5, 5.41) is 0.555. The average molecular weight is 317 g/mol. The molecule has 0 aliphatic carbocycles. The van der Waals surface area contributed by atoms with Gasteiger partial charge in [0.05, 0.1) is 18.1 Å². The van der Waals surface area contributed by atoms with Crippen LogP contribution in [-0.2, 0) is 17.6 Å². The van der Waals surface area contributed by atoms with Crippen molar-refractivity contribution in [2.45, 2.75) is 19.3 Å². The first-order valence-corrected chi connectivity index (χ1v) is 7.64. The van der Waals surface area contributed by atoms with Crippen LogP contribution in [0.15, 0.2) is 36.5 Å². The van der Waals surface area contributed by atoms with E-state index >= 15 is 0 Å². The smallest absolute Gasteiger partial charge is 0.232 e. The second-order valence-electron chi connectivity index (χ2n) is 5.36. The molecular formula is C17H17ClN2O2. The van der Waals surface area contributed by atoms with Gasteiger partial charge < -0.3 is 4.74 Å². The summed E-state index contributed by atoms with van der Waals surface area (Å²) in [5.41, 5.74) is 2.18. The van der Waals surface area contributed by atoms with Crippen LogP contribution >= 0.6 is 11.6 Å². The second-order valence-corrected chi connectivity index (χ2v) is 5.79. The number of hydrogen-bond acceptors (Lipinski definition) is 3. The summed E-state index contributed by atoms with van der Waals surface area (Å²) in [4.78, 5) is 18.1. The number of hydrogen-bond donors (Lipinski definition) is 0. The Morgan fingerprint density at radius 1 is 1.36 bits per heavy atom. The van der Waals surface area contributed by atoms with E-state index in [0.29, 0.717) is 17.3 Å². The lowest BCUT2D eigenvalue weighted by Gasteiger charge is -2.19. The minimum atomic E-state index is -0.00787. The van der Waals surface area contributed by atoms with Crippen LogP contribution in [0.4, 0.5) is 5.82 Å². The zero-order chi connectivity index (χ0) is 15.5. The molecule has 0 saturated carbocycles. The van der Waals surface area contributed by atoms with Crippen molar-refractivity contribution in [1.29, 1.82) is 0 Å². The van der Waals surface area contributed by atoms with Crippen molar-refractivity contribution in [3.05, 3.63) is 52.7 Å². The molecule has 1 aromatic heterocycles. The van der Waals surface area contributed by atoms with Crippen LogP contribution in [0.1, 0.15) is 17.5 Å². The number of carbonyl (C=O) groups is 1. The number of aromatic nitrogens is 1. The van der Waals surface area contributed by atoms with E-state index in [2.05, 4.69) is 11.1 Å². The Labute approximate surface area is 134 Å². The van der Waals surface area contributed by atoms with Crippen molar-refractivity contribution in [2.75, 3.05) is 18.6 Å². The number of aryl methyl sites for hydroxylation is 1. The first-order chi connectivity index (χ1) is 10.6. The molecule has 5 heteroatoms. The molecule has 0 spiro atoms. The molecule has 0 saturated heterocycles. The molecule has 0 bridgehead atoms. The number of pyridine rings is 1. The number of anilines is 1. The van der Waals surface area contributed by atoms with Gasteiger partial charge in [0.1, 0.15) is 11.6 Å². The maximum atomic E-state index is 12.4. The van der Waals surface area contributed by atoms with Crippen LogP contribution < -0.4 is 9.64 Å².